The van der Waals surface area contributed by atoms with Gasteiger partial charge in [-0.3, -0.25) is 4.79 Å². The Labute approximate surface area is 95.2 Å². The molecule has 0 fully saturated rings. The molecule has 15 heavy (non-hydrogen) atoms. The molecule has 4 nitrogen and oxygen atoms in total. The Kier molecular flexibility index (Phi) is 2.54. The zero-order valence-corrected chi connectivity index (χ0v) is 9.19. The lowest BCUT2D eigenvalue weighted by Gasteiger charge is -2.07. The minimum absolute atomic E-state index is 0.0644. The van der Waals surface area contributed by atoms with Crippen molar-refractivity contribution in [3.8, 4) is 17.1 Å². The number of rotatable bonds is 1. The van der Waals surface area contributed by atoms with Gasteiger partial charge in [-0.1, -0.05) is 23.2 Å². The highest BCUT2D eigenvalue weighted by atomic mass is 35.5. The lowest BCUT2D eigenvalue weighted by atomic mass is 10.2. The van der Waals surface area contributed by atoms with E-state index in [2.05, 4.69) is 9.97 Å². The second-order valence-corrected chi connectivity index (χ2v) is 3.57. The summed E-state index contributed by atoms with van der Waals surface area (Å²) in [6.45, 7) is 0. The van der Waals surface area contributed by atoms with Gasteiger partial charge in [0.1, 0.15) is 10.8 Å². The van der Waals surface area contributed by atoms with E-state index in [4.69, 9.17) is 27.9 Å². The molecule has 2 aliphatic rings. The monoisotopic (exact) mass is 244 g/mol. The highest BCUT2D eigenvalue weighted by Gasteiger charge is 2.14. The predicted octanol–water partition coefficient (Wildman–Crippen LogP) is 2.19. The molecule has 0 radical (unpaired) electrons. The second kappa shape index (κ2) is 3.72. The largest absolute Gasteiger partial charge is 0.493 e. The van der Waals surface area contributed by atoms with Gasteiger partial charge in [0, 0.05) is 0 Å². The Morgan fingerprint density at radius 1 is 1.40 bits per heavy atom. The van der Waals surface area contributed by atoms with E-state index in [-0.39, 0.29) is 27.2 Å². The van der Waals surface area contributed by atoms with Crippen molar-refractivity contribution in [3.63, 3.8) is 0 Å². The first-order valence-electron chi connectivity index (χ1n) is 4.05. The zero-order valence-electron chi connectivity index (χ0n) is 7.67. The van der Waals surface area contributed by atoms with E-state index < -0.39 is 0 Å². The molecule has 1 aliphatic carbocycles. The van der Waals surface area contributed by atoms with E-state index in [0.717, 1.165) is 0 Å². The molecule has 0 amide bonds. The number of fused-ring (bicyclic) bond motifs is 1. The molecule has 0 spiro atoms. The van der Waals surface area contributed by atoms with Crippen LogP contribution in [0.1, 0.15) is 0 Å². The van der Waals surface area contributed by atoms with Crippen LogP contribution in [0.4, 0.5) is 0 Å². The number of hydrogen-bond acceptors (Lipinski definition) is 3. The number of aromatic amines is 1. The van der Waals surface area contributed by atoms with E-state index in [1.165, 1.54) is 7.11 Å². The minimum atomic E-state index is -0.315. The third-order valence-electron chi connectivity index (χ3n) is 1.95. The molecule has 0 saturated heterocycles. The average Bonchev–Trinajstić information content (AvgIpc) is 2.22. The summed E-state index contributed by atoms with van der Waals surface area (Å²) in [6, 6.07) is 3.21. The van der Waals surface area contributed by atoms with Gasteiger partial charge in [-0.05, 0) is 12.1 Å². The van der Waals surface area contributed by atoms with Crippen LogP contribution in [0.3, 0.4) is 0 Å². The lowest BCUT2D eigenvalue weighted by molar-refractivity contribution is 0.411. The molecule has 0 aromatic heterocycles. The van der Waals surface area contributed by atoms with Crippen LogP contribution in [-0.4, -0.2) is 17.1 Å². The van der Waals surface area contributed by atoms with E-state index in [9.17, 15) is 4.79 Å². The summed E-state index contributed by atoms with van der Waals surface area (Å²) in [4.78, 5) is 18.4. The Morgan fingerprint density at radius 2 is 2.13 bits per heavy atom. The molecule has 0 saturated carbocycles. The molecule has 0 unspecified atom stereocenters. The Morgan fingerprint density at radius 3 is 2.80 bits per heavy atom. The van der Waals surface area contributed by atoms with Gasteiger partial charge >= 0.3 is 0 Å². The molecule has 2 rings (SSSR count). The van der Waals surface area contributed by atoms with Crippen LogP contribution in [0, 0.1) is 0 Å². The second-order valence-electron chi connectivity index (χ2n) is 2.83. The van der Waals surface area contributed by atoms with Crippen molar-refractivity contribution in [2.75, 3.05) is 7.11 Å². The van der Waals surface area contributed by atoms with Crippen LogP contribution in [0.15, 0.2) is 16.9 Å². The van der Waals surface area contributed by atoms with Gasteiger partial charge in [0.2, 0.25) is 5.43 Å². The van der Waals surface area contributed by atoms with Gasteiger partial charge in [0.15, 0.2) is 10.9 Å². The third-order valence-corrected chi connectivity index (χ3v) is 2.59. The molecular weight excluding hydrogens is 239 g/mol. The number of hydrogen-bond donors (Lipinski definition) is 1. The summed E-state index contributed by atoms with van der Waals surface area (Å²) in [5.41, 5.74) is 0.420. The van der Waals surface area contributed by atoms with Crippen LogP contribution < -0.4 is 10.2 Å². The first-order chi connectivity index (χ1) is 7.13. The van der Waals surface area contributed by atoms with Gasteiger partial charge in [0.05, 0.1) is 12.8 Å². The van der Waals surface area contributed by atoms with Crippen LogP contribution in [0.25, 0.3) is 11.4 Å². The van der Waals surface area contributed by atoms with E-state index >= 15 is 0 Å². The van der Waals surface area contributed by atoms with E-state index in [1.54, 1.807) is 12.1 Å². The number of benzene rings is 1. The summed E-state index contributed by atoms with van der Waals surface area (Å²) in [6.07, 6.45) is 0. The summed E-state index contributed by atoms with van der Waals surface area (Å²) >= 11 is 11.4. The minimum Gasteiger partial charge on any atom is -0.493 e. The molecule has 6 heteroatoms. The molecule has 0 aromatic rings. The van der Waals surface area contributed by atoms with Crippen molar-refractivity contribution in [2.24, 2.45) is 0 Å². The first kappa shape index (κ1) is 10.3. The van der Waals surface area contributed by atoms with E-state index in [0.29, 0.717) is 5.69 Å². The number of methoxy groups -OCH3 is 1. The number of nitrogens with zero attached hydrogens (tertiary/aromatic N) is 1. The van der Waals surface area contributed by atoms with E-state index in [1.807, 2.05) is 0 Å². The summed E-state index contributed by atoms with van der Waals surface area (Å²) in [5.74, 6) is 0.224. The number of H-pyrrole nitrogens is 1. The maximum Gasteiger partial charge on any atom is 0.248 e. The Hall–Kier alpha value is -1.26. The van der Waals surface area contributed by atoms with Crippen molar-refractivity contribution >= 4 is 23.2 Å². The quantitative estimate of drug-likeness (QED) is 0.837. The van der Waals surface area contributed by atoms with Gasteiger partial charge in [-0.25, -0.2) is 4.98 Å². The van der Waals surface area contributed by atoms with Crippen LogP contribution in [-0.2, 0) is 0 Å². The predicted molar refractivity (Wildman–Crippen MR) is 58.1 cm³/mol. The topological polar surface area (TPSA) is 55.0 Å². The summed E-state index contributed by atoms with van der Waals surface area (Å²) in [5, 5.41) is 0.267. The summed E-state index contributed by atoms with van der Waals surface area (Å²) < 4.78 is 4.88. The number of halogens is 2. The fraction of sp³-hybridized carbons (Fsp3) is 0.111. The number of nitrogens with one attached hydrogen (secondary N) is 1. The summed E-state index contributed by atoms with van der Waals surface area (Å²) in [7, 11) is 1.42. The van der Waals surface area contributed by atoms with Gasteiger partial charge in [-0.15, -0.1) is 0 Å². The molecule has 0 aromatic carbocycles. The molecule has 1 heterocycles. The molecule has 1 aliphatic heterocycles. The molecule has 78 valence electrons. The van der Waals surface area contributed by atoms with Crippen LogP contribution in [0.2, 0.25) is 10.3 Å². The third kappa shape index (κ3) is 1.66. The zero-order chi connectivity index (χ0) is 11.0. The highest BCUT2D eigenvalue weighted by molar-refractivity contribution is 6.40. The fourth-order valence-corrected chi connectivity index (χ4v) is 1.52. The van der Waals surface area contributed by atoms with Crippen molar-refractivity contribution in [2.45, 2.75) is 0 Å². The first-order valence-corrected chi connectivity index (χ1v) is 4.81. The van der Waals surface area contributed by atoms with Gasteiger partial charge in [0.25, 0.3) is 0 Å². The number of ether oxygens (including phenoxy) is 1. The molecule has 0 bridgehead atoms. The SMILES string of the molecule is COc1ccc2[nH]c(Cl)c(Cl)nc-2c1=O. The molecule has 0 atom stereocenters. The average molecular weight is 245 g/mol. The molecule has 1 N–H and O–H groups in total. The smallest absolute Gasteiger partial charge is 0.248 e. The normalized spacial score (nSPS) is 10.6. The van der Waals surface area contributed by atoms with Crippen LogP contribution in [0.5, 0.6) is 5.75 Å². The number of aromatic nitrogens is 2. The molecular formula is C9H6Cl2N2O2. The van der Waals surface area contributed by atoms with Crippen molar-refractivity contribution in [1.29, 1.82) is 0 Å². The Balaban J connectivity index is 2.82. The Bertz CT molecular complexity index is 539. The highest BCUT2D eigenvalue weighted by Crippen LogP contribution is 2.24. The maximum absolute atomic E-state index is 11.7. The lowest BCUT2D eigenvalue weighted by Crippen LogP contribution is -2.12. The van der Waals surface area contributed by atoms with Crippen molar-refractivity contribution in [1.82, 2.24) is 9.97 Å². The van der Waals surface area contributed by atoms with Gasteiger partial charge in [-0.2, -0.15) is 0 Å². The van der Waals surface area contributed by atoms with Crippen molar-refractivity contribution < 1.29 is 4.74 Å². The standard InChI is InChI=1S/C9H6Cl2N2O2/c1-15-5-3-2-4-6(7(5)14)13-9(11)8(10)12-4/h2-3,12H,1H3. The van der Waals surface area contributed by atoms with Crippen LogP contribution >= 0.6 is 23.2 Å². The maximum atomic E-state index is 11.7. The van der Waals surface area contributed by atoms with Gasteiger partial charge < -0.3 is 9.72 Å². The fourth-order valence-electron chi connectivity index (χ4n) is 1.24. The van der Waals surface area contributed by atoms with Crippen molar-refractivity contribution in [3.05, 3.63) is 32.7 Å².